The Hall–Kier alpha value is -2.66. The first-order valence-corrected chi connectivity index (χ1v) is 12.3. The fourth-order valence-corrected chi connectivity index (χ4v) is 5.70. The lowest BCUT2D eigenvalue weighted by molar-refractivity contribution is 0.180. The van der Waals surface area contributed by atoms with Gasteiger partial charge in [0.25, 0.3) is 10.0 Å². The summed E-state index contributed by atoms with van der Waals surface area (Å²) in [5.41, 5.74) is 0.982. The maximum atomic E-state index is 14.6. The highest BCUT2D eigenvalue weighted by Gasteiger charge is 2.28. The highest BCUT2D eigenvalue weighted by Crippen LogP contribution is 2.38. The van der Waals surface area contributed by atoms with Gasteiger partial charge in [-0.15, -0.1) is 0 Å². The SMILES string of the molecule is O=S(=O)(Nc1ncns1)c1cc(F)c(OCC2CCCCC2c2ccc(F)cc2)cc1F. The van der Waals surface area contributed by atoms with Gasteiger partial charge in [-0.2, -0.15) is 4.37 Å². The summed E-state index contributed by atoms with van der Waals surface area (Å²) in [5, 5.41) is -0.0609. The number of ether oxygens (including phenoxy) is 1. The van der Waals surface area contributed by atoms with Crippen LogP contribution < -0.4 is 9.46 Å². The van der Waals surface area contributed by atoms with E-state index in [9.17, 15) is 21.6 Å². The van der Waals surface area contributed by atoms with Crippen LogP contribution in [0.25, 0.3) is 0 Å². The third kappa shape index (κ3) is 5.04. The number of aromatic nitrogens is 2. The molecule has 1 saturated carbocycles. The number of hydrogen-bond donors (Lipinski definition) is 1. The quantitative estimate of drug-likeness (QED) is 0.505. The third-order valence-corrected chi connectivity index (χ3v) is 7.58. The minimum Gasteiger partial charge on any atom is -0.490 e. The van der Waals surface area contributed by atoms with Crippen molar-refractivity contribution in [2.75, 3.05) is 11.3 Å². The number of nitrogens with one attached hydrogen (secondary N) is 1. The normalized spacial score (nSPS) is 19.0. The molecule has 32 heavy (non-hydrogen) atoms. The Kier molecular flexibility index (Phi) is 6.66. The molecule has 0 amide bonds. The molecule has 0 aliphatic heterocycles. The van der Waals surface area contributed by atoms with Gasteiger partial charge in [-0.25, -0.2) is 26.6 Å². The van der Waals surface area contributed by atoms with Gasteiger partial charge in [0.1, 0.15) is 22.9 Å². The zero-order chi connectivity index (χ0) is 22.7. The van der Waals surface area contributed by atoms with Gasteiger partial charge in [-0.3, -0.25) is 4.72 Å². The van der Waals surface area contributed by atoms with Crippen LogP contribution in [0, 0.1) is 23.4 Å². The van der Waals surface area contributed by atoms with E-state index in [-0.39, 0.29) is 35.1 Å². The zero-order valence-corrected chi connectivity index (χ0v) is 18.4. The van der Waals surface area contributed by atoms with Crippen molar-refractivity contribution in [2.45, 2.75) is 36.5 Å². The molecule has 0 radical (unpaired) electrons. The number of nitrogens with zero attached hydrogens (tertiary/aromatic N) is 2. The molecule has 0 saturated heterocycles. The lowest BCUT2D eigenvalue weighted by atomic mass is 9.76. The molecule has 2 atom stereocenters. The Labute approximate surface area is 187 Å². The molecule has 0 bridgehead atoms. The molecule has 1 aliphatic rings. The van der Waals surface area contributed by atoms with E-state index in [1.807, 2.05) is 0 Å². The maximum absolute atomic E-state index is 14.6. The smallest absolute Gasteiger partial charge is 0.266 e. The minimum atomic E-state index is -4.38. The van der Waals surface area contributed by atoms with Crippen molar-refractivity contribution >= 4 is 26.7 Å². The van der Waals surface area contributed by atoms with E-state index in [1.165, 1.54) is 12.1 Å². The maximum Gasteiger partial charge on any atom is 0.266 e. The van der Waals surface area contributed by atoms with Gasteiger partial charge in [0, 0.05) is 23.7 Å². The first-order valence-electron chi connectivity index (χ1n) is 10.0. The van der Waals surface area contributed by atoms with Crippen molar-refractivity contribution in [1.82, 2.24) is 9.36 Å². The van der Waals surface area contributed by atoms with Crippen molar-refractivity contribution in [3.8, 4) is 5.75 Å². The number of benzene rings is 2. The van der Waals surface area contributed by atoms with Crippen molar-refractivity contribution < 1.29 is 26.3 Å². The lowest BCUT2D eigenvalue weighted by Crippen LogP contribution is -2.24. The summed E-state index contributed by atoms with van der Waals surface area (Å²) in [6.45, 7) is 0.132. The van der Waals surface area contributed by atoms with E-state index in [2.05, 4.69) is 14.1 Å². The second kappa shape index (κ2) is 9.45. The van der Waals surface area contributed by atoms with E-state index in [0.717, 1.165) is 55.2 Å². The number of anilines is 1. The molecule has 11 heteroatoms. The minimum absolute atomic E-state index is 0.0409. The molecule has 1 aromatic heterocycles. The average Bonchev–Trinajstić information content (AvgIpc) is 3.27. The molecule has 170 valence electrons. The Morgan fingerprint density at radius 2 is 1.81 bits per heavy atom. The summed E-state index contributed by atoms with van der Waals surface area (Å²) in [6.07, 6.45) is 4.88. The van der Waals surface area contributed by atoms with Gasteiger partial charge in [-0.05, 0) is 42.4 Å². The van der Waals surface area contributed by atoms with Gasteiger partial charge in [0.15, 0.2) is 11.6 Å². The van der Waals surface area contributed by atoms with Crippen molar-refractivity contribution in [3.63, 3.8) is 0 Å². The van der Waals surface area contributed by atoms with E-state index < -0.39 is 26.6 Å². The predicted octanol–water partition coefficient (Wildman–Crippen LogP) is 5.11. The number of hydrogen-bond acceptors (Lipinski definition) is 6. The molecule has 1 aliphatic carbocycles. The van der Waals surface area contributed by atoms with Crippen LogP contribution in [0.1, 0.15) is 37.2 Å². The molecule has 4 rings (SSSR count). The molecule has 2 aromatic carbocycles. The van der Waals surface area contributed by atoms with E-state index >= 15 is 0 Å². The van der Waals surface area contributed by atoms with Crippen LogP contribution >= 0.6 is 11.5 Å². The third-order valence-electron chi connectivity index (χ3n) is 5.52. The first kappa shape index (κ1) is 22.5. The fourth-order valence-electron chi connectivity index (χ4n) is 3.97. The van der Waals surface area contributed by atoms with Crippen LogP contribution in [0.15, 0.2) is 47.6 Å². The highest BCUT2D eigenvalue weighted by molar-refractivity contribution is 7.93. The molecule has 2 unspecified atom stereocenters. The summed E-state index contributed by atoms with van der Waals surface area (Å²) in [4.78, 5) is 2.82. The molecular weight excluding hydrogens is 463 g/mol. The Morgan fingerprint density at radius 1 is 1.06 bits per heavy atom. The molecule has 6 nitrogen and oxygen atoms in total. The van der Waals surface area contributed by atoms with Gasteiger partial charge < -0.3 is 4.74 Å². The van der Waals surface area contributed by atoms with Crippen LogP contribution in [0.5, 0.6) is 5.75 Å². The largest absolute Gasteiger partial charge is 0.490 e. The summed E-state index contributed by atoms with van der Waals surface area (Å²) >= 11 is 0.768. The van der Waals surface area contributed by atoms with E-state index in [4.69, 9.17) is 4.74 Å². The van der Waals surface area contributed by atoms with Crippen LogP contribution in [0.2, 0.25) is 0 Å². The summed E-state index contributed by atoms with van der Waals surface area (Å²) < 4.78 is 78.5. The van der Waals surface area contributed by atoms with Crippen LogP contribution in [0.3, 0.4) is 0 Å². The monoisotopic (exact) mass is 483 g/mol. The summed E-state index contributed by atoms with van der Waals surface area (Å²) in [7, 11) is -4.38. The van der Waals surface area contributed by atoms with Gasteiger partial charge in [-0.1, -0.05) is 25.0 Å². The van der Waals surface area contributed by atoms with Crippen molar-refractivity contribution in [2.24, 2.45) is 5.92 Å². The second-order valence-corrected chi connectivity index (χ2v) is 10.0. The predicted molar refractivity (Wildman–Crippen MR) is 114 cm³/mol. The van der Waals surface area contributed by atoms with Crippen LogP contribution in [0.4, 0.5) is 18.3 Å². The lowest BCUT2D eigenvalue weighted by Gasteiger charge is -2.32. The van der Waals surface area contributed by atoms with Gasteiger partial charge >= 0.3 is 0 Å². The van der Waals surface area contributed by atoms with E-state index in [0.29, 0.717) is 6.07 Å². The topological polar surface area (TPSA) is 81.2 Å². The fraction of sp³-hybridized carbons (Fsp3) is 0.333. The van der Waals surface area contributed by atoms with Gasteiger partial charge in [0.2, 0.25) is 5.13 Å². The molecular formula is C21H20F3N3O3S2. The van der Waals surface area contributed by atoms with E-state index in [1.54, 1.807) is 12.1 Å². The zero-order valence-electron chi connectivity index (χ0n) is 16.8. The summed E-state index contributed by atoms with van der Waals surface area (Å²) in [5.74, 6) is -2.64. The Balaban J connectivity index is 1.49. The Bertz CT molecular complexity index is 1170. The molecule has 0 spiro atoms. The number of rotatable bonds is 7. The van der Waals surface area contributed by atoms with Crippen molar-refractivity contribution in [3.05, 3.63) is 65.7 Å². The molecule has 1 N–H and O–H groups in total. The Morgan fingerprint density at radius 3 is 2.53 bits per heavy atom. The molecule has 1 heterocycles. The van der Waals surface area contributed by atoms with Crippen LogP contribution in [-0.2, 0) is 10.0 Å². The number of halogens is 3. The molecule has 1 fully saturated rings. The number of sulfonamides is 1. The summed E-state index contributed by atoms with van der Waals surface area (Å²) in [6, 6.07) is 7.62. The first-order chi connectivity index (χ1) is 15.3. The van der Waals surface area contributed by atoms with Crippen LogP contribution in [-0.4, -0.2) is 24.4 Å². The second-order valence-electron chi connectivity index (χ2n) is 7.58. The average molecular weight is 484 g/mol. The highest BCUT2D eigenvalue weighted by atomic mass is 32.2. The van der Waals surface area contributed by atoms with Gasteiger partial charge in [0.05, 0.1) is 6.61 Å². The standard InChI is InChI=1S/C21H20F3N3O3S2/c22-15-7-5-13(6-8-15)16-4-2-1-3-14(16)11-30-19-9-18(24)20(10-17(19)23)32(28,29)27-21-25-12-26-31-21/h5-10,12,14,16H,1-4,11H2,(H,25,26,27). The molecule has 3 aromatic rings. The van der Waals surface area contributed by atoms with Crippen molar-refractivity contribution in [1.29, 1.82) is 0 Å².